The minimum Gasteiger partial charge on any atom is -0.338 e. The Hall–Kier alpha value is -0.650. The van der Waals surface area contributed by atoms with E-state index in [0.717, 1.165) is 12.4 Å². The normalized spacial score (nSPS) is 22.4. The van der Waals surface area contributed by atoms with E-state index in [2.05, 4.69) is 15.0 Å². The van der Waals surface area contributed by atoms with E-state index in [1.807, 2.05) is 0 Å². The topological polar surface area (TPSA) is 68.2 Å². The molecule has 1 saturated heterocycles. The van der Waals surface area contributed by atoms with Gasteiger partial charge in [-0.25, -0.2) is 0 Å². The minimum absolute atomic E-state index is 0. The molecule has 2 fully saturated rings. The van der Waals surface area contributed by atoms with Crippen LogP contribution >= 0.6 is 12.4 Å². The van der Waals surface area contributed by atoms with Gasteiger partial charge in [-0.2, -0.15) is 4.98 Å². The van der Waals surface area contributed by atoms with Crippen molar-refractivity contribution in [2.24, 2.45) is 11.1 Å². The molecule has 5 nitrogen and oxygen atoms in total. The molecule has 0 aromatic carbocycles. The van der Waals surface area contributed by atoms with Gasteiger partial charge in [0, 0.05) is 6.54 Å². The number of likely N-dealkylation sites (tertiary alicyclic amines) is 1. The standard InChI is InChI=1S/C11H18N4O.ClH/c12-6-10-13-9(14-16-10)7-15-5-4-11(8-15)2-1-3-11;/h1-8,12H2;1H. The fraction of sp³-hybridized carbons (Fsp3) is 0.818. The third-order valence-electron chi connectivity index (χ3n) is 3.98. The molecular weight excluding hydrogens is 240 g/mol. The Morgan fingerprint density at radius 2 is 2.18 bits per heavy atom. The van der Waals surface area contributed by atoms with Crippen LogP contribution in [0.4, 0.5) is 0 Å². The van der Waals surface area contributed by atoms with Gasteiger partial charge in [0.05, 0.1) is 13.1 Å². The van der Waals surface area contributed by atoms with E-state index in [4.69, 9.17) is 10.3 Å². The van der Waals surface area contributed by atoms with Gasteiger partial charge in [-0.05, 0) is 31.2 Å². The summed E-state index contributed by atoms with van der Waals surface area (Å²) in [5.74, 6) is 1.31. The molecule has 2 aliphatic rings. The van der Waals surface area contributed by atoms with Crippen LogP contribution in [-0.4, -0.2) is 28.1 Å². The first-order valence-corrected chi connectivity index (χ1v) is 6.04. The summed E-state index contributed by atoms with van der Waals surface area (Å²) < 4.78 is 5.00. The smallest absolute Gasteiger partial charge is 0.240 e. The monoisotopic (exact) mass is 258 g/mol. The fourth-order valence-corrected chi connectivity index (χ4v) is 2.88. The number of hydrogen-bond acceptors (Lipinski definition) is 5. The van der Waals surface area contributed by atoms with Crippen molar-refractivity contribution in [3.63, 3.8) is 0 Å². The van der Waals surface area contributed by atoms with Crippen molar-refractivity contribution in [3.8, 4) is 0 Å². The molecule has 1 aromatic rings. The molecule has 1 aliphatic heterocycles. The van der Waals surface area contributed by atoms with Crippen molar-refractivity contribution in [2.45, 2.75) is 38.8 Å². The summed E-state index contributed by atoms with van der Waals surface area (Å²) in [4.78, 5) is 6.67. The molecular formula is C11H19ClN4O. The number of aromatic nitrogens is 2. The Labute approximate surface area is 107 Å². The average Bonchev–Trinajstić information content (AvgIpc) is 2.84. The number of nitrogens with zero attached hydrogens (tertiary/aromatic N) is 3. The maximum atomic E-state index is 5.44. The zero-order valence-electron chi connectivity index (χ0n) is 9.89. The lowest BCUT2D eigenvalue weighted by molar-refractivity contribution is 0.136. The second kappa shape index (κ2) is 4.92. The maximum Gasteiger partial charge on any atom is 0.240 e. The van der Waals surface area contributed by atoms with Crippen molar-refractivity contribution in [2.75, 3.05) is 13.1 Å². The highest BCUT2D eigenvalue weighted by Crippen LogP contribution is 2.48. The molecule has 6 heteroatoms. The van der Waals surface area contributed by atoms with Crippen LogP contribution in [0.15, 0.2) is 4.52 Å². The molecule has 0 amide bonds. The van der Waals surface area contributed by atoms with Gasteiger partial charge in [-0.3, -0.25) is 4.90 Å². The molecule has 0 radical (unpaired) electrons. The molecule has 1 aromatic heterocycles. The SMILES string of the molecule is Cl.NCc1nc(CN2CCC3(CCC3)C2)no1. The van der Waals surface area contributed by atoms with Gasteiger partial charge in [0.25, 0.3) is 0 Å². The van der Waals surface area contributed by atoms with Crippen LogP contribution in [0.3, 0.4) is 0 Å². The van der Waals surface area contributed by atoms with E-state index in [0.29, 0.717) is 17.9 Å². The van der Waals surface area contributed by atoms with Gasteiger partial charge in [-0.15, -0.1) is 12.4 Å². The van der Waals surface area contributed by atoms with Gasteiger partial charge < -0.3 is 10.3 Å². The summed E-state index contributed by atoms with van der Waals surface area (Å²) in [5, 5.41) is 3.93. The van der Waals surface area contributed by atoms with Crippen LogP contribution in [0.25, 0.3) is 0 Å². The number of rotatable bonds is 3. The predicted molar refractivity (Wildman–Crippen MR) is 65.6 cm³/mol. The predicted octanol–water partition coefficient (Wildman–Crippen LogP) is 1.33. The van der Waals surface area contributed by atoms with E-state index in [9.17, 15) is 0 Å². The molecule has 96 valence electrons. The van der Waals surface area contributed by atoms with E-state index in [1.165, 1.54) is 38.8 Å². The van der Waals surface area contributed by atoms with Crippen molar-refractivity contribution in [3.05, 3.63) is 11.7 Å². The highest BCUT2D eigenvalue weighted by Gasteiger charge is 2.42. The summed E-state index contributed by atoms with van der Waals surface area (Å²) in [6, 6.07) is 0. The Balaban J connectivity index is 0.00000108. The number of hydrogen-bond donors (Lipinski definition) is 1. The van der Waals surface area contributed by atoms with Crippen LogP contribution in [0.1, 0.15) is 37.4 Å². The van der Waals surface area contributed by atoms with Crippen LogP contribution in [0, 0.1) is 5.41 Å². The maximum absolute atomic E-state index is 5.44. The van der Waals surface area contributed by atoms with Crippen LogP contribution in [-0.2, 0) is 13.1 Å². The van der Waals surface area contributed by atoms with Gasteiger partial charge in [0.15, 0.2) is 5.82 Å². The lowest BCUT2D eigenvalue weighted by atomic mass is 9.68. The van der Waals surface area contributed by atoms with Gasteiger partial charge in [0.1, 0.15) is 0 Å². The second-order valence-electron chi connectivity index (χ2n) is 5.12. The van der Waals surface area contributed by atoms with E-state index in [1.54, 1.807) is 0 Å². The highest BCUT2D eigenvalue weighted by atomic mass is 35.5. The molecule has 2 N–H and O–H groups in total. The number of halogens is 1. The molecule has 1 aliphatic carbocycles. The quantitative estimate of drug-likeness (QED) is 0.886. The fourth-order valence-electron chi connectivity index (χ4n) is 2.88. The summed E-state index contributed by atoms with van der Waals surface area (Å²) in [7, 11) is 0. The summed E-state index contributed by atoms with van der Waals surface area (Å²) in [5.41, 5.74) is 6.07. The van der Waals surface area contributed by atoms with Gasteiger partial charge >= 0.3 is 0 Å². The Bertz CT molecular complexity index is 377. The molecule has 1 spiro atoms. The zero-order chi connectivity index (χ0) is 11.0. The molecule has 0 bridgehead atoms. The largest absolute Gasteiger partial charge is 0.338 e. The van der Waals surface area contributed by atoms with Crippen molar-refractivity contribution in [1.82, 2.24) is 15.0 Å². The van der Waals surface area contributed by atoms with Crippen molar-refractivity contribution < 1.29 is 4.52 Å². The average molecular weight is 259 g/mol. The molecule has 1 saturated carbocycles. The molecule has 17 heavy (non-hydrogen) atoms. The van der Waals surface area contributed by atoms with E-state index < -0.39 is 0 Å². The Morgan fingerprint density at radius 1 is 1.35 bits per heavy atom. The van der Waals surface area contributed by atoms with E-state index >= 15 is 0 Å². The third kappa shape index (κ3) is 2.46. The van der Waals surface area contributed by atoms with Gasteiger partial charge in [-0.1, -0.05) is 11.6 Å². The first-order chi connectivity index (χ1) is 7.80. The molecule has 3 rings (SSSR count). The van der Waals surface area contributed by atoms with Crippen molar-refractivity contribution >= 4 is 12.4 Å². The minimum atomic E-state index is 0. The number of nitrogens with two attached hydrogens (primary N) is 1. The summed E-state index contributed by atoms with van der Waals surface area (Å²) >= 11 is 0. The van der Waals surface area contributed by atoms with Gasteiger partial charge in [0.2, 0.25) is 5.89 Å². The van der Waals surface area contributed by atoms with Crippen molar-refractivity contribution in [1.29, 1.82) is 0 Å². The Kier molecular flexibility index (Phi) is 3.70. The first kappa shape index (κ1) is 12.8. The third-order valence-corrected chi connectivity index (χ3v) is 3.98. The zero-order valence-corrected chi connectivity index (χ0v) is 10.7. The first-order valence-electron chi connectivity index (χ1n) is 6.04. The van der Waals surface area contributed by atoms with Crippen LogP contribution in [0.5, 0.6) is 0 Å². The lowest BCUT2D eigenvalue weighted by Crippen LogP contribution is -2.33. The summed E-state index contributed by atoms with van der Waals surface area (Å²) in [6.45, 7) is 3.52. The summed E-state index contributed by atoms with van der Waals surface area (Å²) in [6.07, 6.45) is 5.57. The van der Waals surface area contributed by atoms with E-state index in [-0.39, 0.29) is 12.4 Å². The second-order valence-corrected chi connectivity index (χ2v) is 5.12. The van der Waals surface area contributed by atoms with Crippen LogP contribution < -0.4 is 5.73 Å². The highest BCUT2D eigenvalue weighted by molar-refractivity contribution is 5.85. The molecule has 2 heterocycles. The Morgan fingerprint density at radius 3 is 2.71 bits per heavy atom. The van der Waals surface area contributed by atoms with Crippen LogP contribution in [0.2, 0.25) is 0 Å². The lowest BCUT2D eigenvalue weighted by Gasteiger charge is -2.38. The molecule has 0 unspecified atom stereocenters. The molecule has 0 atom stereocenters.